The van der Waals surface area contributed by atoms with E-state index < -0.39 is 16.1 Å². The van der Waals surface area contributed by atoms with Crippen LogP contribution in [-0.4, -0.2) is 31.1 Å². The van der Waals surface area contributed by atoms with Gasteiger partial charge >= 0.3 is 0 Å². The predicted octanol–water partition coefficient (Wildman–Crippen LogP) is 3.48. The number of carbonyl (C=O) groups is 1. The number of hydrogen-bond donors (Lipinski definition) is 0. The van der Waals surface area contributed by atoms with Gasteiger partial charge < -0.3 is 0 Å². The summed E-state index contributed by atoms with van der Waals surface area (Å²) in [5, 5.41) is 0. The summed E-state index contributed by atoms with van der Waals surface area (Å²) in [6, 6.07) is 14.3. The number of Topliss-reactive ketones (excluding diaryl/α,β-unsaturated/α-hetero) is 1. The van der Waals surface area contributed by atoms with E-state index in [1.807, 2.05) is 50.2 Å². The summed E-state index contributed by atoms with van der Waals surface area (Å²) in [6.07, 6.45) is 1.30. The zero-order valence-electron chi connectivity index (χ0n) is 14.6. The Hall–Kier alpha value is -1.98. The lowest BCUT2D eigenvalue weighted by Crippen LogP contribution is -2.41. The van der Waals surface area contributed by atoms with Crippen LogP contribution in [-0.2, 0) is 15.8 Å². The van der Waals surface area contributed by atoms with Crippen molar-refractivity contribution in [3.05, 3.63) is 70.8 Å². The molecule has 1 fully saturated rings. The summed E-state index contributed by atoms with van der Waals surface area (Å²) in [5.41, 5.74) is 3.27. The fraction of sp³-hybridized carbons (Fsp3) is 0.350. The van der Waals surface area contributed by atoms with Crippen molar-refractivity contribution in [1.82, 2.24) is 4.31 Å². The van der Waals surface area contributed by atoms with E-state index in [4.69, 9.17) is 0 Å². The first-order chi connectivity index (χ1) is 11.9. The average Bonchev–Trinajstić information content (AvgIpc) is 3.08. The smallest absolute Gasteiger partial charge is 0.218 e. The van der Waals surface area contributed by atoms with Gasteiger partial charge in [0.25, 0.3) is 0 Å². The molecular formula is C20H23NO3S. The van der Waals surface area contributed by atoms with Gasteiger partial charge in [0.2, 0.25) is 10.0 Å². The fourth-order valence-electron chi connectivity index (χ4n) is 3.38. The van der Waals surface area contributed by atoms with Crippen LogP contribution in [0.4, 0.5) is 0 Å². The molecule has 5 heteroatoms. The van der Waals surface area contributed by atoms with Crippen LogP contribution < -0.4 is 0 Å². The predicted molar refractivity (Wildman–Crippen MR) is 99.0 cm³/mol. The van der Waals surface area contributed by atoms with Gasteiger partial charge in [0, 0.05) is 12.1 Å². The Labute approximate surface area is 149 Å². The van der Waals surface area contributed by atoms with Gasteiger partial charge in [-0.1, -0.05) is 48.0 Å². The van der Waals surface area contributed by atoms with Gasteiger partial charge in [-0.05, 0) is 43.9 Å². The molecule has 1 atom stereocenters. The van der Waals surface area contributed by atoms with Crippen molar-refractivity contribution in [3.63, 3.8) is 0 Å². The Morgan fingerprint density at radius 1 is 1.12 bits per heavy atom. The molecule has 132 valence electrons. The number of carbonyl (C=O) groups excluding carboxylic acids is 1. The first-order valence-electron chi connectivity index (χ1n) is 8.53. The number of hydrogen-bond acceptors (Lipinski definition) is 3. The van der Waals surface area contributed by atoms with E-state index in [2.05, 4.69) is 0 Å². The lowest BCUT2D eigenvalue weighted by Gasteiger charge is -2.24. The first kappa shape index (κ1) is 17.8. The second-order valence-corrected chi connectivity index (χ2v) is 8.61. The summed E-state index contributed by atoms with van der Waals surface area (Å²) < 4.78 is 27.2. The monoisotopic (exact) mass is 357 g/mol. The number of nitrogens with zero attached hydrogens (tertiary/aromatic N) is 1. The second kappa shape index (κ2) is 7.10. The standard InChI is InChI=1S/C20H23NO3S/c1-15-10-11-16(2)18(13-15)20(22)19-9-6-12-21(19)25(23,24)14-17-7-4-3-5-8-17/h3-5,7-8,10-11,13,19H,6,9,12,14H2,1-2H3. The van der Waals surface area contributed by atoms with Crippen molar-refractivity contribution >= 4 is 15.8 Å². The maximum atomic E-state index is 13.0. The van der Waals surface area contributed by atoms with Gasteiger partial charge in [-0.3, -0.25) is 4.79 Å². The summed E-state index contributed by atoms with van der Waals surface area (Å²) in [6.45, 7) is 4.25. The van der Waals surface area contributed by atoms with Crippen LogP contribution in [0.3, 0.4) is 0 Å². The molecule has 0 N–H and O–H groups in total. The molecule has 25 heavy (non-hydrogen) atoms. The second-order valence-electron chi connectivity index (χ2n) is 6.69. The van der Waals surface area contributed by atoms with Gasteiger partial charge in [-0.2, -0.15) is 4.31 Å². The van der Waals surface area contributed by atoms with Gasteiger partial charge in [0.05, 0.1) is 11.8 Å². The molecule has 0 aliphatic carbocycles. The Balaban J connectivity index is 1.87. The van der Waals surface area contributed by atoms with Crippen LogP contribution in [0.2, 0.25) is 0 Å². The molecule has 0 spiro atoms. The third-order valence-electron chi connectivity index (χ3n) is 4.71. The van der Waals surface area contributed by atoms with Crippen LogP contribution in [0.25, 0.3) is 0 Å². The summed E-state index contributed by atoms with van der Waals surface area (Å²) in [7, 11) is -3.53. The molecule has 1 heterocycles. The minimum atomic E-state index is -3.53. The normalized spacial score (nSPS) is 18.4. The van der Waals surface area contributed by atoms with Crippen LogP contribution in [0, 0.1) is 13.8 Å². The highest BCUT2D eigenvalue weighted by Gasteiger charge is 2.39. The molecule has 0 aromatic heterocycles. The molecule has 0 radical (unpaired) electrons. The lowest BCUT2D eigenvalue weighted by atomic mass is 9.97. The summed E-state index contributed by atoms with van der Waals surface area (Å²) in [5.74, 6) is -0.153. The van der Waals surface area contributed by atoms with Gasteiger partial charge in [0.1, 0.15) is 0 Å². The van der Waals surface area contributed by atoms with Crippen molar-refractivity contribution in [1.29, 1.82) is 0 Å². The van der Waals surface area contributed by atoms with E-state index in [1.54, 1.807) is 12.1 Å². The number of sulfonamides is 1. The van der Waals surface area contributed by atoms with Crippen molar-refractivity contribution in [3.8, 4) is 0 Å². The molecule has 0 saturated carbocycles. The van der Waals surface area contributed by atoms with Crippen LogP contribution in [0.1, 0.15) is 39.9 Å². The average molecular weight is 357 g/mol. The molecule has 1 saturated heterocycles. The minimum absolute atomic E-state index is 0.0651. The Kier molecular flexibility index (Phi) is 5.06. The molecule has 2 aromatic carbocycles. The highest BCUT2D eigenvalue weighted by atomic mass is 32.2. The number of aryl methyl sites for hydroxylation is 2. The van der Waals surface area contributed by atoms with E-state index in [0.29, 0.717) is 18.5 Å². The molecule has 0 amide bonds. The first-order valence-corrected chi connectivity index (χ1v) is 10.1. The van der Waals surface area contributed by atoms with Crippen LogP contribution >= 0.6 is 0 Å². The minimum Gasteiger partial charge on any atom is -0.292 e. The van der Waals surface area contributed by atoms with Crippen LogP contribution in [0.15, 0.2) is 48.5 Å². The molecule has 0 bridgehead atoms. The van der Waals surface area contributed by atoms with Crippen LogP contribution in [0.5, 0.6) is 0 Å². The van der Waals surface area contributed by atoms with Gasteiger partial charge in [0.15, 0.2) is 5.78 Å². The van der Waals surface area contributed by atoms with E-state index in [9.17, 15) is 13.2 Å². The van der Waals surface area contributed by atoms with Gasteiger partial charge in [-0.25, -0.2) is 8.42 Å². The summed E-state index contributed by atoms with van der Waals surface area (Å²) in [4.78, 5) is 13.0. The van der Waals surface area contributed by atoms with E-state index in [1.165, 1.54) is 4.31 Å². The highest BCUT2D eigenvalue weighted by Crippen LogP contribution is 2.27. The number of rotatable bonds is 5. The summed E-state index contributed by atoms with van der Waals surface area (Å²) >= 11 is 0. The van der Waals surface area contributed by atoms with Crippen molar-refractivity contribution in [2.24, 2.45) is 0 Å². The molecule has 3 rings (SSSR count). The number of ketones is 1. The molecule has 1 aliphatic heterocycles. The molecule has 1 unspecified atom stereocenters. The molecule has 4 nitrogen and oxygen atoms in total. The Bertz CT molecular complexity index is 875. The van der Waals surface area contributed by atoms with Crippen molar-refractivity contribution < 1.29 is 13.2 Å². The SMILES string of the molecule is Cc1ccc(C)c(C(=O)C2CCCN2S(=O)(=O)Cc2ccccc2)c1. The zero-order chi connectivity index (χ0) is 18.0. The molecule has 2 aromatic rings. The zero-order valence-corrected chi connectivity index (χ0v) is 15.4. The quantitative estimate of drug-likeness (QED) is 0.770. The largest absolute Gasteiger partial charge is 0.292 e. The highest BCUT2D eigenvalue weighted by molar-refractivity contribution is 7.88. The van der Waals surface area contributed by atoms with E-state index >= 15 is 0 Å². The fourth-order valence-corrected chi connectivity index (χ4v) is 5.16. The molecular weight excluding hydrogens is 334 g/mol. The Morgan fingerprint density at radius 2 is 1.84 bits per heavy atom. The third kappa shape index (κ3) is 3.83. The van der Waals surface area contributed by atoms with E-state index in [-0.39, 0.29) is 11.5 Å². The van der Waals surface area contributed by atoms with Crippen molar-refractivity contribution in [2.75, 3.05) is 6.54 Å². The van der Waals surface area contributed by atoms with Crippen molar-refractivity contribution in [2.45, 2.75) is 38.5 Å². The lowest BCUT2D eigenvalue weighted by molar-refractivity contribution is 0.0917. The maximum absolute atomic E-state index is 13.0. The number of benzene rings is 2. The van der Waals surface area contributed by atoms with E-state index in [0.717, 1.165) is 23.1 Å². The maximum Gasteiger partial charge on any atom is 0.218 e. The Morgan fingerprint density at radius 3 is 2.56 bits per heavy atom. The third-order valence-corrected chi connectivity index (χ3v) is 6.56. The van der Waals surface area contributed by atoms with Gasteiger partial charge in [-0.15, -0.1) is 0 Å². The topological polar surface area (TPSA) is 54.5 Å². The molecule has 1 aliphatic rings.